The number of hydrogen-bond acceptors (Lipinski definition) is 5. The van der Waals surface area contributed by atoms with E-state index in [0.29, 0.717) is 5.92 Å². The first kappa shape index (κ1) is 19.8. The van der Waals surface area contributed by atoms with Crippen LogP contribution in [-0.2, 0) is 6.54 Å². The van der Waals surface area contributed by atoms with Gasteiger partial charge in [-0.15, -0.1) is 11.8 Å². The summed E-state index contributed by atoms with van der Waals surface area (Å²) in [5.41, 5.74) is 2.85. The Balaban J connectivity index is 1.44. The lowest BCUT2D eigenvalue weighted by molar-refractivity contribution is 0.0707. The number of amides is 1. The molecular weight excluding hydrogens is 384 g/mol. The monoisotopic (exact) mass is 410 g/mol. The number of carbonyl (C=O) groups is 1. The van der Waals surface area contributed by atoms with Crippen molar-refractivity contribution in [3.8, 4) is 0 Å². The van der Waals surface area contributed by atoms with Crippen LogP contribution >= 0.6 is 11.8 Å². The van der Waals surface area contributed by atoms with Gasteiger partial charge in [0.2, 0.25) is 0 Å². The van der Waals surface area contributed by atoms with E-state index in [-0.39, 0.29) is 5.91 Å². The highest BCUT2D eigenvalue weighted by Crippen LogP contribution is 2.30. The molecule has 0 spiro atoms. The van der Waals surface area contributed by atoms with Crippen LogP contribution in [0.2, 0.25) is 0 Å². The number of aryl methyl sites for hydroxylation is 2. The molecule has 0 N–H and O–H groups in total. The van der Waals surface area contributed by atoms with Crippen LogP contribution in [0.15, 0.2) is 46.1 Å². The first-order valence-electron chi connectivity index (χ1n) is 9.93. The molecule has 0 bridgehead atoms. The fourth-order valence-corrected chi connectivity index (χ4v) is 4.63. The lowest BCUT2D eigenvalue weighted by atomic mass is 9.95. The molecule has 1 aliphatic rings. The van der Waals surface area contributed by atoms with Crippen molar-refractivity contribution in [2.45, 2.75) is 44.0 Å². The van der Waals surface area contributed by atoms with E-state index in [1.54, 1.807) is 11.8 Å². The van der Waals surface area contributed by atoms with Gasteiger partial charge in [0.25, 0.3) is 5.91 Å². The van der Waals surface area contributed by atoms with E-state index in [4.69, 9.17) is 4.52 Å². The van der Waals surface area contributed by atoms with Crippen LogP contribution in [-0.4, -0.2) is 44.9 Å². The van der Waals surface area contributed by atoms with Gasteiger partial charge in [0.15, 0.2) is 0 Å². The summed E-state index contributed by atoms with van der Waals surface area (Å²) >= 11 is 1.62. The molecule has 0 radical (unpaired) electrons. The van der Waals surface area contributed by atoms with Gasteiger partial charge in [-0.3, -0.25) is 4.79 Å². The van der Waals surface area contributed by atoms with Gasteiger partial charge in [0, 0.05) is 41.9 Å². The van der Waals surface area contributed by atoms with Crippen LogP contribution in [0.1, 0.15) is 52.0 Å². The van der Waals surface area contributed by atoms with E-state index in [1.165, 1.54) is 0 Å². The number of likely N-dealkylation sites (tertiary alicyclic amines) is 1. The molecule has 2 aromatic heterocycles. The van der Waals surface area contributed by atoms with Crippen molar-refractivity contribution in [3.05, 3.63) is 65.1 Å². The second kappa shape index (κ2) is 8.45. The number of benzene rings is 1. The van der Waals surface area contributed by atoms with Crippen LogP contribution in [0.25, 0.3) is 0 Å². The summed E-state index contributed by atoms with van der Waals surface area (Å²) in [6.07, 6.45) is 7.74. The van der Waals surface area contributed by atoms with E-state index >= 15 is 0 Å². The average Bonchev–Trinajstić information content (AvgIpc) is 3.35. The zero-order valence-corrected chi connectivity index (χ0v) is 17.9. The minimum absolute atomic E-state index is 0.132. The van der Waals surface area contributed by atoms with Crippen LogP contribution in [0.4, 0.5) is 0 Å². The minimum atomic E-state index is 0.132. The van der Waals surface area contributed by atoms with E-state index in [1.807, 2.05) is 61.7 Å². The molecule has 1 aromatic carbocycles. The first-order valence-corrected chi connectivity index (χ1v) is 11.2. The highest BCUT2D eigenvalue weighted by Gasteiger charge is 2.28. The van der Waals surface area contributed by atoms with Crippen molar-refractivity contribution in [1.29, 1.82) is 0 Å². The molecule has 0 saturated carbocycles. The number of imidazole rings is 1. The lowest BCUT2D eigenvalue weighted by Gasteiger charge is -2.32. The number of piperidine rings is 1. The third kappa shape index (κ3) is 3.96. The number of rotatable bonds is 5. The Morgan fingerprint density at radius 1 is 1.24 bits per heavy atom. The third-order valence-corrected chi connectivity index (χ3v) is 6.54. The van der Waals surface area contributed by atoms with Gasteiger partial charge in [0.1, 0.15) is 11.6 Å². The van der Waals surface area contributed by atoms with Gasteiger partial charge in [0.05, 0.1) is 17.8 Å². The Kier molecular flexibility index (Phi) is 5.76. The van der Waals surface area contributed by atoms with Crippen LogP contribution in [0, 0.1) is 13.8 Å². The summed E-state index contributed by atoms with van der Waals surface area (Å²) in [5, 5.41) is 4.06. The molecule has 152 valence electrons. The van der Waals surface area contributed by atoms with Crippen molar-refractivity contribution in [2.75, 3.05) is 19.3 Å². The smallest absolute Gasteiger partial charge is 0.254 e. The summed E-state index contributed by atoms with van der Waals surface area (Å²) in [7, 11) is 0. The molecule has 1 fully saturated rings. The zero-order chi connectivity index (χ0) is 20.4. The van der Waals surface area contributed by atoms with Crippen molar-refractivity contribution in [3.63, 3.8) is 0 Å². The second-order valence-corrected chi connectivity index (χ2v) is 8.33. The molecule has 6 nitrogen and oxygen atoms in total. The maximum absolute atomic E-state index is 13.0. The van der Waals surface area contributed by atoms with Crippen molar-refractivity contribution in [1.82, 2.24) is 19.6 Å². The standard InChI is InChI=1S/C22H26N4O2S/c1-15-19(16(2)28-24-15)14-26-13-10-23-21(26)17-8-11-25(12-9-17)22(27)18-6-4-5-7-20(18)29-3/h4-7,10,13,17H,8-9,11-12,14H2,1-3H3. The van der Waals surface area contributed by atoms with E-state index in [2.05, 4.69) is 14.7 Å². The SMILES string of the molecule is CSc1ccccc1C(=O)N1CCC(c2nccn2Cc2c(C)noc2C)CC1. The van der Waals surface area contributed by atoms with Crippen molar-refractivity contribution < 1.29 is 9.32 Å². The van der Waals surface area contributed by atoms with Gasteiger partial charge in [-0.1, -0.05) is 17.3 Å². The molecular formula is C22H26N4O2S. The van der Waals surface area contributed by atoms with E-state index in [0.717, 1.165) is 65.8 Å². The molecule has 1 saturated heterocycles. The topological polar surface area (TPSA) is 64.2 Å². The fraction of sp³-hybridized carbons (Fsp3) is 0.409. The maximum Gasteiger partial charge on any atom is 0.254 e. The average molecular weight is 411 g/mol. The van der Waals surface area contributed by atoms with Crippen LogP contribution < -0.4 is 0 Å². The van der Waals surface area contributed by atoms with Crippen molar-refractivity contribution in [2.24, 2.45) is 0 Å². The Labute approximate surface area is 175 Å². The largest absolute Gasteiger partial charge is 0.361 e. The molecule has 29 heavy (non-hydrogen) atoms. The molecule has 1 amide bonds. The van der Waals surface area contributed by atoms with E-state index < -0.39 is 0 Å². The fourth-order valence-electron chi connectivity index (χ4n) is 4.04. The Bertz CT molecular complexity index is 982. The first-order chi connectivity index (χ1) is 14.1. The van der Waals surface area contributed by atoms with Gasteiger partial charge in [-0.05, 0) is 45.1 Å². The molecule has 0 unspecified atom stereocenters. The summed E-state index contributed by atoms with van der Waals surface area (Å²) in [6, 6.07) is 7.85. The summed E-state index contributed by atoms with van der Waals surface area (Å²) in [5.74, 6) is 2.43. The van der Waals surface area contributed by atoms with Gasteiger partial charge in [-0.2, -0.15) is 0 Å². The zero-order valence-electron chi connectivity index (χ0n) is 17.1. The summed E-state index contributed by atoms with van der Waals surface area (Å²) < 4.78 is 7.49. The second-order valence-electron chi connectivity index (χ2n) is 7.48. The minimum Gasteiger partial charge on any atom is -0.361 e. The predicted octanol–water partition coefficient (Wildman–Crippen LogP) is 4.28. The molecule has 3 heterocycles. The molecule has 1 aliphatic heterocycles. The molecule has 4 rings (SSSR count). The number of aromatic nitrogens is 3. The number of thioether (sulfide) groups is 1. The predicted molar refractivity (Wildman–Crippen MR) is 113 cm³/mol. The normalized spacial score (nSPS) is 15.1. The van der Waals surface area contributed by atoms with Gasteiger partial charge < -0.3 is 14.0 Å². The molecule has 0 atom stereocenters. The Morgan fingerprint density at radius 3 is 2.69 bits per heavy atom. The lowest BCUT2D eigenvalue weighted by Crippen LogP contribution is -2.38. The van der Waals surface area contributed by atoms with Crippen LogP contribution in [0.3, 0.4) is 0 Å². The summed E-state index contributed by atoms with van der Waals surface area (Å²) in [6.45, 7) is 6.15. The van der Waals surface area contributed by atoms with Crippen LogP contribution in [0.5, 0.6) is 0 Å². The maximum atomic E-state index is 13.0. The third-order valence-electron chi connectivity index (χ3n) is 5.74. The quantitative estimate of drug-likeness (QED) is 0.588. The molecule has 0 aliphatic carbocycles. The molecule has 7 heteroatoms. The van der Waals surface area contributed by atoms with Gasteiger partial charge in [-0.25, -0.2) is 4.98 Å². The van der Waals surface area contributed by atoms with Crippen molar-refractivity contribution >= 4 is 17.7 Å². The highest BCUT2D eigenvalue weighted by atomic mass is 32.2. The van der Waals surface area contributed by atoms with E-state index in [9.17, 15) is 4.79 Å². The number of carbonyl (C=O) groups excluding carboxylic acids is 1. The molecule has 3 aromatic rings. The number of nitrogens with zero attached hydrogens (tertiary/aromatic N) is 4. The Hall–Kier alpha value is -2.54. The highest BCUT2D eigenvalue weighted by molar-refractivity contribution is 7.98. The Morgan fingerprint density at radius 2 is 2.00 bits per heavy atom. The van der Waals surface area contributed by atoms with Gasteiger partial charge >= 0.3 is 0 Å². The summed E-state index contributed by atoms with van der Waals surface area (Å²) in [4.78, 5) is 20.7. The number of hydrogen-bond donors (Lipinski definition) is 0.